The zero-order chi connectivity index (χ0) is 13.0. The molecule has 0 saturated heterocycles. The quantitative estimate of drug-likeness (QED) is 0.824. The molecule has 0 aliphatic rings. The lowest BCUT2D eigenvalue weighted by atomic mass is 10.1. The van der Waals surface area contributed by atoms with Gasteiger partial charge in [-0.25, -0.2) is 0 Å². The van der Waals surface area contributed by atoms with Crippen LogP contribution in [0.3, 0.4) is 0 Å². The van der Waals surface area contributed by atoms with Crippen molar-refractivity contribution in [2.75, 3.05) is 6.54 Å². The van der Waals surface area contributed by atoms with Crippen molar-refractivity contribution in [1.29, 1.82) is 0 Å². The van der Waals surface area contributed by atoms with E-state index in [1.807, 2.05) is 18.2 Å². The zero-order valence-corrected chi connectivity index (χ0v) is 12.4. The van der Waals surface area contributed by atoms with Gasteiger partial charge >= 0.3 is 0 Å². The van der Waals surface area contributed by atoms with Crippen LogP contribution in [0.5, 0.6) is 0 Å². The fourth-order valence-corrected chi connectivity index (χ4v) is 2.86. The SMILES string of the molecule is CC(NCCc1ccc(Cl)cc1)c1csc(Cl)c1. The molecule has 0 aliphatic carbocycles. The second-order valence-electron chi connectivity index (χ2n) is 4.24. The van der Waals surface area contributed by atoms with Gasteiger partial charge in [-0.15, -0.1) is 11.3 Å². The van der Waals surface area contributed by atoms with Crippen LogP contribution in [0.2, 0.25) is 9.36 Å². The molecule has 0 aliphatic heterocycles. The van der Waals surface area contributed by atoms with Crippen molar-refractivity contribution in [2.24, 2.45) is 0 Å². The van der Waals surface area contributed by atoms with E-state index in [1.165, 1.54) is 11.1 Å². The number of rotatable bonds is 5. The molecule has 1 nitrogen and oxygen atoms in total. The summed E-state index contributed by atoms with van der Waals surface area (Å²) < 4.78 is 0.844. The minimum Gasteiger partial charge on any atom is -0.310 e. The Kier molecular flexibility index (Phi) is 5.07. The number of halogens is 2. The van der Waals surface area contributed by atoms with Crippen LogP contribution in [0.15, 0.2) is 35.7 Å². The minimum atomic E-state index is 0.334. The maximum absolute atomic E-state index is 5.93. The molecule has 0 spiro atoms. The van der Waals surface area contributed by atoms with Crippen molar-refractivity contribution in [2.45, 2.75) is 19.4 Å². The van der Waals surface area contributed by atoms with Gasteiger partial charge in [0, 0.05) is 11.1 Å². The highest BCUT2D eigenvalue weighted by Gasteiger charge is 2.06. The Labute approximate surface area is 122 Å². The highest BCUT2D eigenvalue weighted by atomic mass is 35.5. The van der Waals surface area contributed by atoms with Crippen LogP contribution in [0.4, 0.5) is 0 Å². The maximum Gasteiger partial charge on any atom is 0.0931 e. The van der Waals surface area contributed by atoms with E-state index in [0.29, 0.717) is 6.04 Å². The summed E-state index contributed by atoms with van der Waals surface area (Å²) in [7, 11) is 0. The molecule has 18 heavy (non-hydrogen) atoms. The van der Waals surface area contributed by atoms with Gasteiger partial charge in [-0.2, -0.15) is 0 Å². The first kappa shape index (κ1) is 13.9. The number of nitrogens with one attached hydrogen (secondary N) is 1. The third kappa shape index (κ3) is 3.99. The van der Waals surface area contributed by atoms with E-state index >= 15 is 0 Å². The van der Waals surface area contributed by atoms with Crippen LogP contribution < -0.4 is 5.32 Å². The van der Waals surface area contributed by atoms with Crippen molar-refractivity contribution in [1.82, 2.24) is 5.32 Å². The third-order valence-electron chi connectivity index (χ3n) is 2.87. The highest BCUT2D eigenvalue weighted by Crippen LogP contribution is 2.24. The summed E-state index contributed by atoms with van der Waals surface area (Å²) in [6.07, 6.45) is 0.999. The van der Waals surface area contributed by atoms with Gasteiger partial charge in [0.1, 0.15) is 0 Å². The van der Waals surface area contributed by atoms with Crippen LogP contribution in [0.1, 0.15) is 24.1 Å². The van der Waals surface area contributed by atoms with Crippen LogP contribution in [0.25, 0.3) is 0 Å². The van der Waals surface area contributed by atoms with Crippen LogP contribution in [0, 0.1) is 0 Å². The molecule has 0 amide bonds. The lowest BCUT2D eigenvalue weighted by Crippen LogP contribution is -2.20. The molecule has 2 aromatic rings. The van der Waals surface area contributed by atoms with E-state index in [4.69, 9.17) is 23.2 Å². The van der Waals surface area contributed by atoms with Gasteiger partial charge in [0.2, 0.25) is 0 Å². The normalized spacial score (nSPS) is 12.6. The summed E-state index contributed by atoms with van der Waals surface area (Å²) in [4.78, 5) is 0. The van der Waals surface area contributed by atoms with Gasteiger partial charge in [0.15, 0.2) is 0 Å². The molecule has 1 heterocycles. The standard InChI is InChI=1S/C14H15Cl2NS/c1-10(12-8-14(16)18-9-12)17-7-6-11-2-4-13(15)5-3-11/h2-5,8-10,17H,6-7H2,1H3. The molecule has 1 aromatic carbocycles. The molecule has 1 unspecified atom stereocenters. The van der Waals surface area contributed by atoms with E-state index < -0.39 is 0 Å². The Morgan fingerprint density at radius 2 is 1.94 bits per heavy atom. The Balaban J connectivity index is 1.80. The fraction of sp³-hybridized carbons (Fsp3) is 0.286. The molecule has 0 bridgehead atoms. The molecular weight excluding hydrogens is 285 g/mol. The average molecular weight is 300 g/mol. The monoisotopic (exact) mass is 299 g/mol. The molecule has 0 saturated carbocycles. The molecule has 1 aromatic heterocycles. The van der Waals surface area contributed by atoms with Crippen LogP contribution in [-0.4, -0.2) is 6.54 Å². The molecule has 1 atom stereocenters. The molecule has 96 valence electrons. The van der Waals surface area contributed by atoms with E-state index in [9.17, 15) is 0 Å². The largest absolute Gasteiger partial charge is 0.310 e. The van der Waals surface area contributed by atoms with Crippen molar-refractivity contribution in [3.8, 4) is 0 Å². The summed E-state index contributed by atoms with van der Waals surface area (Å²) in [5.41, 5.74) is 2.54. The number of hydrogen-bond donors (Lipinski definition) is 1. The van der Waals surface area contributed by atoms with E-state index in [2.05, 4.69) is 29.8 Å². The highest BCUT2D eigenvalue weighted by molar-refractivity contribution is 7.14. The zero-order valence-electron chi connectivity index (χ0n) is 10.1. The smallest absolute Gasteiger partial charge is 0.0931 e. The molecule has 1 N–H and O–H groups in total. The first-order chi connectivity index (χ1) is 8.65. The minimum absolute atomic E-state index is 0.334. The first-order valence-corrected chi connectivity index (χ1v) is 7.50. The second kappa shape index (κ2) is 6.58. The summed E-state index contributed by atoms with van der Waals surface area (Å²) in [6.45, 7) is 3.09. The summed E-state index contributed by atoms with van der Waals surface area (Å²) in [6, 6.07) is 10.3. The van der Waals surface area contributed by atoms with Gasteiger partial charge in [0.05, 0.1) is 4.34 Å². The molecule has 0 radical (unpaired) electrons. The Bertz CT molecular complexity index is 493. The predicted molar refractivity (Wildman–Crippen MR) is 80.9 cm³/mol. The third-order valence-corrected chi connectivity index (χ3v) is 4.23. The fourth-order valence-electron chi connectivity index (χ4n) is 1.75. The Hall–Kier alpha value is -0.540. The van der Waals surface area contributed by atoms with Crippen LogP contribution in [-0.2, 0) is 6.42 Å². The van der Waals surface area contributed by atoms with E-state index in [-0.39, 0.29) is 0 Å². The summed E-state index contributed by atoms with van der Waals surface area (Å²) in [5.74, 6) is 0. The molecule has 0 fully saturated rings. The topological polar surface area (TPSA) is 12.0 Å². The van der Waals surface area contributed by atoms with Crippen LogP contribution >= 0.6 is 34.5 Å². The average Bonchev–Trinajstić information content (AvgIpc) is 2.78. The molecule has 4 heteroatoms. The summed E-state index contributed by atoms with van der Waals surface area (Å²) >= 11 is 13.4. The Morgan fingerprint density at radius 1 is 1.22 bits per heavy atom. The van der Waals surface area contributed by atoms with Gasteiger partial charge in [-0.05, 0) is 54.6 Å². The molecular formula is C14H15Cl2NS. The van der Waals surface area contributed by atoms with E-state index in [0.717, 1.165) is 22.3 Å². The Morgan fingerprint density at radius 3 is 2.56 bits per heavy atom. The lowest BCUT2D eigenvalue weighted by Gasteiger charge is -2.12. The van der Waals surface area contributed by atoms with Crippen molar-refractivity contribution < 1.29 is 0 Å². The van der Waals surface area contributed by atoms with Gasteiger partial charge in [-0.1, -0.05) is 35.3 Å². The lowest BCUT2D eigenvalue weighted by molar-refractivity contribution is 0.578. The molecule has 2 rings (SSSR count). The van der Waals surface area contributed by atoms with Gasteiger partial charge in [-0.3, -0.25) is 0 Å². The van der Waals surface area contributed by atoms with Gasteiger partial charge in [0.25, 0.3) is 0 Å². The summed E-state index contributed by atoms with van der Waals surface area (Å²) in [5, 5.41) is 6.38. The maximum atomic E-state index is 5.93. The number of benzene rings is 1. The van der Waals surface area contributed by atoms with Crippen molar-refractivity contribution in [3.63, 3.8) is 0 Å². The second-order valence-corrected chi connectivity index (χ2v) is 6.22. The van der Waals surface area contributed by atoms with E-state index in [1.54, 1.807) is 11.3 Å². The van der Waals surface area contributed by atoms with Gasteiger partial charge < -0.3 is 5.32 Å². The van der Waals surface area contributed by atoms with Crippen molar-refractivity contribution in [3.05, 3.63) is 56.2 Å². The predicted octanol–water partition coefficient (Wildman–Crippen LogP) is 4.95. The number of thiophene rings is 1. The van der Waals surface area contributed by atoms with Crippen molar-refractivity contribution >= 4 is 34.5 Å². The first-order valence-electron chi connectivity index (χ1n) is 5.87. The number of hydrogen-bond acceptors (Lipinski definition) is 2.